The highest BCUT2D eigenvalue weighted by atomic mass is 16.2. The topological polar surface area (TPSA) is 187 Å². The zero-order valence-corrected chi connectivity index (χ0v) is 29.1. The van der Waals surface area contributed by atoms with Gasteiger partial charge in [0.1, 0.15) is 12.1 Å². The second kappa shape index (κ2) is 14.0. The quantitative estimate of drug-likeness (QED) is 0.203. The lowest BCUT2D eigenvalue weighted by Gasteiger charge is -2.38. The van der Waals surface area contributed by atoms with Crippen molar-refractivity contribution in [2.24, 2.45) is 22.7 Å². The third-order valence-electron chi connectivity index (χ3n) is 9.48. The Morgan fingerprint density at radius 1 is 0.917 bits per heavy atom. The van der Waals surface area contributed by atoms with Crippen molar-refractivity contribution in [3.8, 4) is 0 Å². The molecular weight excluding hydrogens is 618 g/mol. The van der Waals surface area contributed by atoms with Gasteiger partial charge in [-0.2, -0.15) is 0 Å². The molecule has 3 heterocycles. The summed E-state index contributed by atoms with van der Waals surface area (Å²) in [6.45, 7) is 13.0. The fourth-order valence-corrected chi connectivity index (χ4v) is 6.22. The lowest BCUT2D eigenvalue weighted by atomic mass is 9.85. The number of carbonyl (C=O) groups is 7. The molecule has 2 fully saturated rings. The molecule has 7 amide bonds. The first kappa shape index (κ1) is 36.5. The van der Waals surface area contributed by atoms with Crippen LogP contribution in [-0.4, -0.2) is 100 Å². The monoisotopic (exact) mass is 667 g/mol. The summed E-state index contributed by atoms with van der Waals surface area (Å²) in [6, 6.07) is -2.83. The first-order valence-electron chi connectivity index (χ1n) is 16.6. The third kappa shape index (κ3) is 8.01. The Labute approximate surface area is 281 Å². The first-order chi connectivity index (χ1) is 22.3. The lowest BCUT2D eigenvalue weighted by Crippen LogP contribution is -2.62. The van der Waals surface area contributed by atoms with Crippen LogP contribution in [0, 0.1) is 22.7 Å². The summed E-state index contributed by atoms with van der Waals surface area (Å²) in [5.74, 6) is -3.44. The van der Waals surface area contributed by atoms with E-state index in [4.69, 9.17) is 0 Å². The molecule has 3 aliphatic rings. The van der Waals surface area contributed by atoms with E-state index in [2.05, 4.69) is 26.3 Å². The molecule has 0 radical (unpaired) electrons. The molecule has 2 unspecified atom stereocenters. The molecule has 0 spiro atoms. The number of likely N-dealkylation sites (N-methyl/N-ethyl adjacent to an activating group) is 1. The van der Waals surface area contributed by atoms with Gasteiger partial charge in [-0.3, -0.25) is 38.7 Å². The van der Waals surface area contributed by atoms with Crippen LogP contribution in [-0.2, 0) is 19.2 Å². The number of carbonyl (C=O) groups excluding carboxylic acids is 7. The highest BCUT2D eigenvalue weighted by Crippen LogP contribution is 2.34. The summed E-state index contributed by atoms with van der Waals surface area (Å²) >= 11 is 0. The molecule has 48 heavy (non-hydrogen) atoms. The van der Waals surface area contributed by atoms with Crippen molar-refractivity contribution >= 4 is 41.4 Å². The highest BCUT2D eigenvalue weighted by molar-refractivity contribution is 6.38. The number of hydrogen-bond acceptors (Lipinski definition) is 8. The summed E-state index contributed by atoms with van der Waals surface area (Å²) in [4.78, 5) is 99.0. The molecule has 2 aliphatic heterocycles. The number of Topliss-reactive ketones (excluding diaryl/α,β-unsaturated/α-hetero) is 1. The van der Waals surface area contributed by atoms with Gasteiger partial charge in [0.2, 0.25) is 17.6 Å². The van der Waals surface area contributed by atoms with Crippen LogP contribution in [0.2, 0.25) is 0 Å². The van der Waals surface area contributed by atoms with E-state index >= 15 is 0 Å². The minimum absolute atomic E-state index is 0.0971. The van der Waals surface area contributed by atoms with E-state index in [1.807, 2.05) is 27.7 Å². The second-order valence-corrected chi connectivity index (χ2v) is 15.4. The van der Waals surface area contributed by atoms with Crippen LogP contribution in [0.1, 0.15) is 94.9 Å². The van der Waals surface area contributed by atoms with Gasteiger partial charge in [0, 0.05) is 26.0 Å². The standard InChI is InChI=1S/C34H49N7O7/c1-18-12-14-40(24(18)27(43)37-22(15-19-9-10-19)25(42)28(44)35-8)31(47)26(34(5,6)7)39-32(48)38-23(33(2,3)4)17-41-29(45)20-11-13-36-16-21(20)30(41)46/h11,13,16,18-19,22-24,26H,9-10,12,14-15,17H2,1-8H3,(H,35,44)(H,37,43)(H2,38,39,48)/t18?,22?,23-,24+,26-/m1/s1. The summed E-state index contributed by atoms with van der Waals surface area (Å²) < 4.78 is 0. The summed E-state index contributed by atoms with van der Waals surface area (Å²) in [6.07, 6.45) is 5.52. The largest absolute Gasteiger partial charge is 0.353 e. The van der Waals surface area contributed by atoms with Crippen LogP contribution in [0.25, 0.3) is 0 Å². The van der Waals surface area contributed by atoms with Crippen molar-refractivity contribution in [1.29, 1.82) is 0 Å². The summed E-state index contributed by atoms with van der Waals surface area (Å²) in [5.41, 5.74) is -0.922. The summed E-state index contributed by atoms with van der Waals surface area (Å²) in [5, 5.41) is 10.8. The average Bonchev–Trinajstić information content (AvgIpc) is 3.70. The van der Waals surface area contributed by atoms with E-state index in [9.17, 15) is 33.6 Å². The number of ketones is 1. The fraction of sp³-hybridized carbons (Fsp3) is 0.647. The van der Waals surface area contributed by atoms with Crippen LogP contribution in [0.5, 0.6) is 0 Å². The summed E-state index contributed by atoms with van der Waals surface area (Å²) in [7, 11) is 1.36. The Balaban J connectivity index is 1.49. The molecule has 4 N–H and O–H groups in total. The number of aromatic nitrogens is 1. The number of amides is 7. The maximum atomic E-state index is 14.2. The molecule has 14 nitrogen and oxygen atoms in total. The van der Waals surface area contributed by atoms with E-state index in [1.165, 1.54) is 30.4 Å². The molecule has 1 saturated heterocycles. The third-order valence-corrected chi connectivity index (χ3v) is 9.48. The van der Waals surface area contributed by atoms with Gasteiger partial charge in [-0.15, -0.1) is 0 Å². The molecular formula is C34H49N7O7. The lowest BCUT2D eigenvalue weighted by molar-refractivity contribution is -0.144. The van der Waals surface area contributed by atoms with Crippen molar-refractivity contribution in [2.75, 3.05) is 20.1 Å². The number of fused-ring (bicyclic) bond motifs is 1. The van der Waals surface area contributed by atoms with Crippen molar-refractivity contribution in [1.82, 2.24) is 36.1 Å². The van der Waals surface area contributed by atoms with Crippen LogP contribution < -0.4 is 21.3 Å². The zero-order chi connectivity index (χ0) is 35.7. The van der Waals surface area contributed by atoms with E-state index < -0.39 is 76.3 Å². The molecule has 1 aromatic heterocycles. The Morgan fingerprint density at radius 3 is 2.12 bits per heavy atom. The Hall–Kier alpha value is -4.36. The maximum absolute atomic E-state index is 14.2. The molecule has 0 aromatic carbocycles. The molecule has 262 valence electrons. The van der Waals surface area contributed by atoms with Crippen molar-refractivity contribution < 1.29 is 33.6 Å². The van der Waals surface area contributed by atoms with Crippen molar-refractivity contribution in [3.63, 3.8) is 0 Å². The van der Waals surface area contributed by atoms with Gasteiger partial charge >= 0.3 is 6.03 Å². The van der Waals surface area contributed by atoms with E-state index in [0.29, 0.717) is 12.8 Å². The van der Waals surface area contributed by atoms with Crippen LogP contribution >= 0.6 is 0 Å². The Bertz CT molecular complexity index is 1440. The van der Waals surface area contributed by atoms with Crippen LogP contribution in [0.15, 0.2) is 18.5 Å². The van der Waals surface area contributed by atoms with Gasteiger partial charge in [0.05, 0.1) is 29.8 Å². The molecule has 5 atom stereocenters. The van der Waals surface area contributed by atoms with E-state index in [-0.39, 0.29) is 36.1 Å². The normalized spacial score (nSPS) is 21.2. The smallest absolute Gasteiger partial charge is 0.315 e. The molecule has 14 heteroatoms. The number of likely N-dealkylation sites (tertiary alicyclic amines) is 1. The van der Waals surface area contributed by atoms with E-state index in [1.54, 1.807) is 20.8 Å². The number of imide groups is 1. The number of nitrogens with one attached hydrogen (secondary N) is 4. The Morgan fingerprint density at radius 2 is 1.56 bits per heavy atom. The molecule has 1 saturated carbocycles. The predicted octanol–water partition coefficient (Wildman–Crippen LogP) is 1.64. The minimum atomic E-state index is -1.06. The molecule has 1 aliphatic carbocycles. The Kier molecular flexibility index (Phi) is 10.6. The molecule has 1 aromatic rings. The predicted molar refractivity (Wildman–Crippen MR) is 175 cm³/mol. The SMILES string of the molecule is CNC(=O)C(=O)C(CC1CC1)NC(=O)[C@@H]1C(C)CCN1C(=O)[C@@H](NC(=O)N[C@H](CN1C(=O)c2ccncc2C1=O)C(C)(C)C)C(C)(C)C. The number of urea groups is 1. The van der Waals surface area contributed by atoms with E-state index in [0.717, 1.165) is 17.7 Å². The zero-order valence-electron chi connectivity index (χ0n) is 29.1. The van der Waals surface area contributed by atoms with Gasteiger partial charge < -0.3 is 26.2 Å². The van der Waals surface area contributed by atoms with Gasteiger partial charge in [-0.05, 0) is 41.6 Å². The van der Waals surface area contributed by atoms with Crippen molar-refractivity contribution in [3.05, 3.63) is 29.6 Å². The number of pyridine rings is 1. The number of nitrogens with zero attached hydrogens (tertiary/aromatic N) is 3. The second-order valence-electron chi connectivity index (χ2n) is 15.4. The van der Waals surface area contributed by atoms with Gasteiger partial charge in [0.15, 0.2) is 0 Å². The van der Waals surface area contributed by atoms with Crippen LogP contribution in [0.4, 0.5) is 4.79 Å². The van der Waals surface area contributed by atoms with Gasteiger partial charge in [0.25, 0.3) is 17.7 Å². The van der Waals surface area contributed by atoms with Crippen molar-refractivity contribution in [2.45, 2.75) is 98.3 Å². The maximum Gasteiger partial charge on any atom is 0.315 e. The van der Waals surface area contributed by atoms with Crippen LogP contribution in [0.3, 0.4) is 0 Å². The highest BCUT2D eigenvalue weighted by Gasteiger charge is 2.46. The fourth-order valence-electron chi connectivity index (χ4n) is 6.22. The minimum Gasteiger partial charge on any atom is -0.353 e. The number of hydrogen-bond donors (Lipinski definition) is 4. The van der Waals surface area contributed by atoms with Gasteiger partial charge in [-0.25, -0.2) is 4.79 Å². The molecule has 4 rings (SSSR count). The van der Waals surface area contributed by atoms with Gasteiger partial charge in [-0.1, -0.05) is 61.3 Å². The number of rotatable bonds is 11. The average molecular weight is 668 g/mol. The first-order valence-corrected chi connectivity index (χ1v) is 16.6. The molecule has 0 bridgehead atoms.